The third-order valence-corrected chi connectivity index (χ3v) is 9.71. The molecule has 19 heteroatoms. The summed E-state index contributed by atoms with van der Waals surface area (Å²) in [6.45, 7) is 1.93. The zero-order valence-corrected chi connectivity index (χ0v) is 30.1. The number of carbonyl (C=O) groups is 1. The Morgan fingerprint density at radius 2 is 1.98 bits per heavy atom. The van der Waals surface area contributed by atoms with E-state index in [0.717, 1.165) is 12.1 Å². The van der Waals surface area contributed by atoms with Crippen LogP contribution >= 0.6 is 30.8 Å². The number of halogens is 3. The van der Waals surface area contributed by atoms with Crippen LogP contribution in [-0.4, -0.2) is 73.3 Å². The highest BCUT2D eigenvalue weighted by atomic mass is 127. The number of nitrogen functional groups attached to an aromatic ring is 1. The predicted octanol–water partition coefficient (Wildman–Crippen LogP) is 3.91. The Balaban J connectivity index is 1.21. The van der Waals surface area contributed by atoms with Gasteiger partial charge in [0.2, 0.25) is 17.6 Å². The first-order chi connectivity index (χ1) is 24.3. The number of aromatic nitrogens is 4. The molecule has 1 unspecified atom stereocenters. The Bertz CT molecular complexity index is 2160. The van der Waals surface area contributed by atoms with Crippen LogP contribution in [0.1, 0.15) is 25.6 Å². The van der Waals surface area contributed by atoms with Crippen molar-refractivity contribution >= 4 is 64.6 Å². The molecule has 1 fully saturated rings. The van der Waals surface area contributed by atoms with Crippen molar-refractivity contribution in [2.24, 2.45) is 4.74 Å². The number of imidazole rings is 1. The van der Waals surface area contributed by atoms with Gasteiger partial charge < -0.3 is 39.8 Å². The molecule has 2 aromatic heterocycles. The molecule has 5 aromatic rings. The SMILES string of the molecule is COc1nc(N)nc2c1nc(I)n2[C@@H]1O[C@H](COc2ccc3ccccc3c2O/[P+]([O-])=N/[C@@H](C)C(=O)OCc2ccc(F)cc2F)[C@@H](O)[C@@]1(C)O. The standard InChI is InChI=1S/C32H30F2IN6O9P/c1-15(28(43)48-13-17-8-10-18(33)12-20(17)34)40-51(45)50-24-19-7-5-4-6-16(19)9-11-21(24)47-14-22-25(42)32(2,44)29(49-22)41-26-23(37-30(41)35)27(46-3)39-31(36)38-26/h4-12,15,22,25,29,42,44H,13-14H2,1-3H3,(H2,36,38,39)/t15-,22+,25+,29+,32+/m0/s1. The number of aliphatic hydroxyl groups excluding tert-OH is 1. The summed E-state index contributed by atoms with van der Waals surface area (Å²) in [4.78, 5) is 38.4. The fraction of sp³-hybridized carbons (Fsp3) is 0.312. The van der Waals surface area contributed by atoms with Crippen LogP contribution in [0.2, 0.25) is 0 Å². The molecule has 0 amide bonds. The van der Waals surface area contributed by atoms with Gasteiger partial charge in [0.25, 0.3) is 0 Å². The molecule has 0 bridgehead atoms. The summed E-state index contributed by atoms with van der Waals surface area (Å²) in [5.41, 5.74) is 4.44. The normalized spacial score (nSPS) is 21.2. The molecule has 1 saturated heterocycles. The molecule has 268 valence electrons. The maximum absolute atomic E-state index is 14.0. The van der Waals surface area contributed by atoms with Crippen molar-refractivity contribution in [3.05, 3.63) is 75.6 Å². The first kappa shape index (κ1) is 36.5. The highest BCUT2D eigenvalue weighted by molar-refractivity contribution is 14.1. The number of ether oxygens (including phenoxy) is 4. The van der Waals surface area contributed by atoms with Crippen LogP contribution in [0.25, 0.3) is 21.9 Å². The Labute approximate surface area is 303 Å². The second-order valence-corrected chi connectivity index (χ2v) is 13.5. The number of carbonyl (C=O) groups excluding carboxylic acids is 1. The molecule has 0 saturated carbocycles. The van der Waals surface area contributed by atoms with Gasteiger partial charge in [-0.1, -0.05) is 35.1 Å². The van der Waals surface area contributed by atoms with Crippen molar-refractivity contribution in [1.29, 1.82) is 0 Å². The van der Waals surface area contributed by atoms with Crippen LogP contribution in [0, 0.1) is 15.5 Å². The number of benzene rings is 3. The van der Waals surface area contributed by atoms with Gasteiger partial charge in [0.05, 0.1) is 7.11 Å². The molecule has 0 radical (unpaired) electrons. The Hall–Kier alpha value is -4.33. The zero-order valence-electron chi connectivity index (χ0n) is 27.1. The smallest absolute Gasteiger partial charge is 0.395 e. The topological polar surface area (TPSA) is 209 Å². The molecule has 1 aliphatic rings. The largest absolute Gasteiger partial charge is 0.575 e. The van der Waals surface area contributed by atoms with E-state index < -0.39 is 62.5 Å². The number of hydrogen-bond donors (Lipinski definition) is 3. The number of anilines is 1. The minimum Gasteiger partial charge on any atom is -0.575 e. The fourth-order valence-corrected chi connectivity index (χ4v) is 6.93. The van der Waals surface area contributed by atoms with E-state index in [4.69, 9.17) is 29.2 Å². The lowest BCUT2D eigenvalue weighted by Gasteiger charge is -2.27. The van der Waals surface area contributed by atoms with E-state index in [9.17, 15) is 28.7 Å². The van der Waals surface area contributed by atoms with E-state index in [0.29, 0.717) is 20.7 Å². The highest BCUT2D eigenvalue weighted by Gasteiger charge is 2.54. The predicted molar refractivity (Wildman–Crippen MR) is 185 cm³/mol. The van der Waals surface area contributed by atoms with E-state index in [-0.39, 0.29) is 46.7 Å². The molecule has 3 aromatic carbocycles. The van der Waals surface area contributed by atoms with Crippen molar-refractivity contribution in [2.45, 2.75) is 50.5 Å². The molecule has 15 nitrogen and oxygen atoms in total. The molecular weight excluding hydrogens is 808 g/mol. The summed E-state index contributed by atoms with van der Waals surface area (Å²) in [7, 11) is -1.49. The number of aliphatic hydroxyl groups is 2. The lowest BCUT2D eigenvalue weighted by Crippen LogP contribution is -2.45. The van der Waals surface area contributed by atoms with E-state index in [1.54, 1.807) is 36.4 Å². The highest BCUT2D eigenvalue weighted by Crippen LogP contribution is 2.44. The Morgan fingerprint density at radius 3 is 2.73 bits per heavy atom. The van der Waals surface area contributed by atoms with Crippen molar-refractivity contribution in [3.8, 4) is 17.4 Å². The van der Waals surface area contributed by atoms with Crippen LogP contribution < -0.4 is 24.6 Å². The summed E-state index contributed by atoms with van der Waals surface area (Å²) in [6, 6.07) is 11.9. The van der Waals surface area contributed by atoms with Gasteiger partial charge in [0.1, 0.15) is 42.7 Å². The Morgan fingerprint density at radius 1 is 1.22 bits per heavy atom. The molecule has 6 atom stereocenters. The molecular formula is C32H30F2IN6O9P. The lowest BCUT2D eigenvalue weighted by molar-refractivity contribution is -0.169. The molecule has 0 aliphatic carbocycles. The average molecular weight is 838 g/mol. The fourth-order valence-electron chi connectivity index (χ4n) is 5.44. The van der Waals surface area contributed by atoms with Crippen molar-refractivity contribution in [1.82, 2.24) is 19.5 Å². The third kappa shape index (κ3) is 7.38. The second-order valence-electron chi connectivity index (χ2n) is 11.6. The third-order valence-electron chi connectivity index (χ3n) is 8.07. The number of hydrogen-bond acceptors (Lipinski definition) is 14. The number of methoxy groups -OCH3 is 1. The minimum atomic E-state index is -2.89. The van der Waals surface area contributed by atoms with Gasteiger partial charge in [-0.15, -0.1) is 0 Å². The van der Waals surface area contributed by atoms with Crippen LogP contribution in [-0.2, 0) is 20.9 Å². The van der Waals surface area contributed by atoms with E-state index in [1.165, 1.54) is 25.5 Å². The first-order valence-corrected chi connectivity index (χ1v) is 17.4. The monoisotopic (exact) mass is 838 g/mol. The number of rotatable bonds is 11. The summed E-state index contributed by atoms with van der Waals surface area (Å²) in [5, 5.41) is 23.9. The van der Waals surface area contributed by atoms with Gasteiger partial charge >= 0.3 is 14.1 Å². The second kappa shape index (κ2) is 14.7. The Kier molecular flexibility index (Phi) is 10.5. The van der Waals surface area contributed by atoms with Crippen molar-refractivity contribution in [3.63, 3.8) is 0 Å². The zero-order chi connectivity index (χ0) is 36.6. The van der Waals surface area contributed by atoms with E-state index >= 15 is 0 Å². The molecule has 4 N–H and O–H groups in total. The number of nitrogens with zero attached hydrogens (tertiary/aromatic N) is 5. The van der Waals surface area contributed by atoms with Crippen molar-refractivity contribution in [2.75, 3.05) is 19.5 Å². The quantitative estimate of drug-likeness (QED) is 0.0748. The van der Waals surface area contributed by atoms with Crippen LogP contribution in [0.4, 0.5) is 14.7 Å². The molecule has 51 heavy (non-hydrogen) atoms. The summed E-state index contributed by atoms with van der Waals surface area (Å²) >= 11 is 1.93. The number of esters is 1. The van der Waals surface area contributed by atoms with Gasteiger partial charge in [-0.25, -0.2) is 18.6 Å². The van der Waals surface area contributed by atoms with Crippen LogP contribution in [0.3, 0.4) is 0 Å². The van der Waals surface area contributed by atoms with E-state index in [2.05, 4.69) is 19.7 Å². The number of nitrogens with two attached hydrogens (primary N) is 1. The molecule has 6 rings (SSSR count). The lowest BCUT2D eigenvalue weighted by atomic mass is 9.96. The van der Waals surface area contributed by atoms with Crippen LogP contribution in [0.5, 0.6) is 17.4 Å². The first-order valence-electron chi connectivity index (χ1n) is 15.2. The summed E-state index contributed by atoms with van der Waals surface area (Å²) in [6.07, 6.45) is -3.76. The van der Waals surface area contributed by atoms with Gasteiger partial charge in [0.15, 0.2) is 33.0 Å². The van der Waals surface area contributed by atoms with Gasteiger partial charge in [-0.05, 0) is 37.4 Å². The minimum absolute atomic E-state index is 0.0251. The van der Waals surface area contributed by atoms with Gasteiger partial charge in [0, 0.05) is 39.6 Å². The summed E-state index contributed by atoms with van der Waals surface area (Å²) < 4.78 is 61.2. The molecule has 0 spiro atoms. The number of fused-ring (bicyclic) bond motifs is 2. The van der Waals surface area contributed by atoms with Gasteiger partial charge in [-0.2, -0.15) is 9.97 Å². The molecule has 3 heterocycles. The molecule has 1 aliphatic heterocycles. The average Bonchev–Trinajstić information content (AvgIpc) is 3.53. The van der Waals surface area contributed by atoms with E-state index in [1.807, 2.05) is 22.6 Å². The van der Waals surface area contributed by atoms with Crippen LogP contribution in [0.15, 0.2) is 59.3 Å². The summed E-state index contributed by atoms with van der Waals surface area (Å²) in [5.74, 6) is -2.44. The van der Waals surface area contributed by atoms with Crippen molar-refractivity contribution < 1.29 is 52.2 Å². The van der Waals surface area contributed by atoms with Gasteiger partial charge in [-0.3, -0.25) is 9.09 Å². The maximum atomic E-state index is 14.0. The maximum Gasteiger partial charge on any atom is 0.395 e.